The van der Waals surface area contributed by atoms with Crippen LogP contribution >= 0.6 is 0 Å². The number of hydrogen-bond donors (Lipinski definition) is 0. The topological polar surface area (TPSA) is 0 Å². The highest BCUT2D eigenvalue weighted by molar-refractivity contribution is 4.97. The molecular weight excluding hydrogens is 120 g/mol. The molecule has 2 unspecified atom stereocenters. The van der Waals surface area contributed by atoms with Crippen LogP contribution in [0.2, 0.25) is 0 Å². The lowest BCUT2D eigenvalue weighted by molar-refractivity contribution is 0.383. The molecule has 0 amide bonds. The van der Waals surface area contributed by atoms with Crippen molar-refractivity contribution in [1.29, 1.82) is 0 Å². The van der Waals surface area contributed by atoms with Crippen LogP contribution < -0.4 is 0 Å². The third-order valence-electron chi connectivity index (χ3n) is 2.91. The molecule has 1 rings (SSSR count). The van der Waals surface area contributed by atoms with E-state index in [1.54, 1.807) is 0 Å². The van der Waals surface area contributed by atoms with Gasteiger partial charge in [-0.3, -0.25) is 0 Å². The minimum atomic E-state index is 0.739. The SMILES string of the molecule is CCC1CC1(C)CC(C)C. The van der Waals surface area contributed by atoms with Gasteiger partial charge in [0.05, 0.1) is 0 Å². The maximum Gasteiger partial charge on any atom is -0.0292 e. The summed E-state index contributed by atoms with van der Waals surface area (Å²) in [6.07, 6.45) is 4.32. The molecule has 0 aliphatic heterocycles. The van der Waals surface area contributed by atoms with Crippen molar-refractivity contribution in [3.05, 3.63) is 0 Å². The Labute approximate surface area is 65.0 Å². The minimum Gasteiger partial charge on any atom is -0.0651 e. The molecule has 0 aromatic heterocycles. The molecule has 0 spiro atoms. The lowest BCUT2D eigenvalue weighted by Gasteiger charge is -2.12. The molecule has 0 saturated heterocycles. The zero-order valence-corrected chi connectivity index (χ0v) is 7.78. The third-order valence-corrected chi connectivity index (χ3v) is 2.91. The summed E-state index contributed by atoms with van der Waals surface area (Å²) in [6.45, 7) is 9.42. The standard InChI is InChI=1S/C10H20/c1-5-9-7-10(9,4)6-8(2)3/h8-9H,5-7H2,1-4H3. The van der Waals surface area contributed by atoms with Gasteiger partial charge in [-0.25, -0.2) is 0 Å². The van der Waals surface area contributed by atoms with Gasteiger partial charge in [-0.2, -0.15) is 0 Å². The molecule has 2 atom stereocenters. The summed E-state index contributed by atoms with van der Waals surface area (Å²) < 4.78 is 0. The highest BCUT2D eigenvalue weighted by Gasteiger charge is 2.47. The van der Waals surface area contributed by atoms with Gasteiger partial charge in [0.1, 0.15) is 0 Å². The van der Waals surface area contributed by atoms with E-state index in [1.165, 1.54) is 19.3 Å². The summed E-state index contributed by atoms with van der Waals surface area (Å²) in [7, 11) is 0. The van der Waals surface area contributed by atoms with Gasteiger partial charge in [0.2, 0.25) is 0 Å². The average Bonchev–Trinajstić information content (AvgIpc) is 2.39. The fourth-order valence-electron chi connectivity index (χ4n) is 2.32. The van der Waals surface area contributed by atoms with E-state index in [1.807, 2.05) is 0 Å². The van der Waals surface area contributed by atoms with E-state index in [2.05, 4.69) is 27.7 Å². The first-order valence-corrected chi connectivity index (χ1v) is 4.58. The lowest BCUT2D eigenvalue weighted by Crippen LogP contribution is -2.02. The molecular formula is C10H20. The van der Waals surface area contributed by atoms with Gasteiger partial charge >= 0.3 is 0 Å². The van der Waals surface area contributed by atoms with Gasteiger partial charge in [0, 0.05) is 0 Å². The van der Waals surface area contributed by atoms with E-state index >= 15 is 0 Å². The molecule has 1 saturated carbocycles. The molecule has 0 N–H and O–H groups in total. The second-order valence-electron chi connectivity index (χ2n) is 4.56. The Bertz CT molecular complexity index is 115. The van der Waals surface area contributed by atoms with Gasteiger partial charge in [-0.15, -0.1) is 0 Å². The fourth-order valence-corrected chi connectivity index (χ4v) is 2.32. The Hall–Kier alpha value is 0. The van der Waals surface area contributed by atoms with Gasteiger partial charge in [0.15, 0.2) is 0 Å². The highest BCUT2D eigenvalue weighted by Crippen LogP contribution is 2.57. The van der Waals surface area contributed by atoms with Crippen LogP contribution in [0.25, 0.3) is 0 Å². The Morgan fingerprint density at radius 3 is 2.40 bits per heavy atom. The van der Waals surface area contributed by atoms with E-state index in [4.69, 9.17) is 0 Å². The summed E-state index contributed by atoms with van der Waals surface area (Å²) >= 11 is 0. The van der Waals surface area contributed by atoms with Crippen LogP contribution in [0.15, 0.2) is 0 Å². The zero-order valence-electron chi connectivity index (χ0n) is 7.78. The van der Waals surface area contributed by atoms with Crippen molar-refractivity contribution in [3.8, 4) is 0 Å². The fraction of sp³-hybridized carbons (Fsp3) is 1.00. The molecule has 0 heteroatoms. The molecule has 0 heterocycles. The molecule has 0 nitrogen and oxygen atoms in total. The molecule has 1 fully saturated rings. The van der Waals surface area contributed by atoms with Gasteiger partial charge in [-0.05, 0) is 30.1 Å². The van der Waals surface area contributed by atoms with Crippen molar-refractivity contribution in [1.82, 2.24) is 0 Å². The molecule has 1 aliphatic carbocycles. The summed E-state index contributed by atoms with van der Waals surface area (Å²) in [4.78, 5) is 0. The lowest BCUT2D eigenvalue weighted by atomic mass is 9.93. The van der Waals surface area contributed by atoms with Crippen LogP contribution in [0.1, 0.15) is 47.0 Å². The Kier molecular flexibility index (Phi) is 2.07. The predicted molar refractivity (Wildman–Crippen MR) is 46.0 cm³/mol. The van der Waals surface area contributed by atoms with Gasteiger partial charge in [0.25, 0.3) is 0 Å². The van der Waals surface area contributed by atoms with Gasteiger partial charge in [-0.1, -0.05) is 34.1 Å². The largest absolute Gasteiger partial charge is 0.0651 e. The molecule has 60 valence electrons. The number of hydrogen-bond acceptors (Lipinski definition) is 0. The van der Waals surface area contributed by atoms with Crippen LogP contribution in [-0.2, 0) is 0 Å². The molecule has 10 heavy (non-hydrogen) atoms. The summed E-state index contributed by atoms with van der Waals surface area (Å²) in [5, 5.41) is 0. The van der Waals surface area contributed by atoms with Crippen molar-refractivity contribution < 1.29 is 0 Å². The highest BCUT2D eigenvalue weighted by atomic mass is 14.5. The molecule has 0 bridgehead atoms. The predicted octanol–water partition coefficient (Wildman–Crippen LogP) is 3.47. The van der Waals surface area contributed by atoms with Crippen molar-refractivity contribution in [2.45, 2.75) is 47.0 Å². The summed E-state index contributed by atoms with van der Waals surface area (Å²) in [5.74, 6) is 1.94. The maximum absolute atomic E-state index is 2.45. The Morgan fingerprint density at radius 2 is 2.10 bits per heavy atom. The maximum atomic E-state index is 2.45. The van der Waals surface area contributed by atoms with E-state index in [0.717, 1.165) is 17.3 Å². The monoisotopic (exact) mass is 140 g/mol. The van der Waals surface area contributed by atoms with Crippen LogP contribution in [0.4, 0.5) is 0 Å². The first kappa shape index (κ1) is 8.10. The van der Waals surface area contributed by atoms with Crippen molar-refractivity contribution in [2.24, 2.45) is 17.3 Å². The summed E-state index contributed by atoms with van der Waals surface area (Å²) in [6, 6.07) is 0. The zero-order chi connectivity index (χ0) is 7.78. The summed E-state index contributed by atoms with van der Waals surface area (Å²) in [5.41, 5.74) is 0.739. The molecule has 1 aliphatic rings. The average molecular weight is 140 g/mol. The van der Waals surface area contributed by atoms with Crippen LogP contribution in [-0.4, -0.2) is 0 Å². The van der Waals surface area contributed by atoms with E-state index in [-0.39, 0.29) is 0 Å². The van der Waals surface area contributed by atoms with E-state index in [9.17, 15) is 0 Å². The normalized spacial score (nSPS) is 38.7. The van der Waals surface area contributed by atoms with E-state index in [0.29, 0.717) is 0 Å². The third kappa shape index (κ3) is 1.53. The molecule has 0 aromatic rings. The second kappa shape index (κ2) is 2.56. The molecule has 0 aromatic carbocycles. The van der Waals surface area contributed by atoms with Crippen molar-refractivity contribution >= 4 is 0 Å². The quantitative estimate of drug-likeness (QED) is 0.563. The van der Waals surface area contributed by atoms with Crippen LogP contribution in [0.5, 0.6) is 0 Å². The first-order valence-electron chi connectivity index (χ1n) is 4.58. The van der Waals surface area contributed by atoms with Crippen LogP contribution in [0, 0.1) is 17.3 Å². The molecule has 0 radical (unpaired) electrons. The number of rotatable bonds is 3. The van der Waals surface area contributed by atoms with E-state index < -0.39 is 0 Å². The Balaban J connectivity index is 2.29. The smallest absolute Gasteiger partial charge is 0.0292 e. The second-order valence-corrected chi connectivity index (χ2v) is 4.56. The van der Waals surface area contributed by atoms with Crippen molar-refractivity contribution in [2.75, 3.05) is 0 Å². The first-order chi connectivity index (χ1) is 4.58. The van der Waals surface area contributed by atoms with Crippen LogP contribution in [0.3, 0.4) is 0 Å². The van der Waals surface area contributed by atoms with Crippen molar-refractivity contribution in [3.63, 3.8) is 0 Å². The Morgan fingerprint density at radius 1 is 1.50 bits per heavy atom. The van der Waals surface area contributed by atoms with Gasteiger partial charge < -0.3 is 0 Å². The minimum absolute atomic E-state index is 0.739.